The lowest BCUT2D eigenvalue weighted by molar-refractivity contribution is -0.119. The van der Waals surface area contributed by atoms with Crippen LogP contribution in [0.3, 0.4) is 0 Å². The third-order valence-corrected chi connectivity index (χ3v) is 3.63. The Morgan fingerprint density at radius 2 is 1.59 bits per heavy atom. The zero-order valence-electron chi connectivity index (χ0n) is 15.7. The fraction of sp³-hybridized carbons (Fsp3) is 0.263. The van der Waals surface area contributed by atoms with E-state index in [1.54, 1.807) is 19.2 Å². The van der Waals surface area contributed by atoms with Crippen molar-refractivity contribution in [3.63, 3.8) is 0 Å². The van der Waals surface area contributed by atoms with Crippen molar-refractivity contribution in [3.8, 4) is 23.0 Å². The summed E-state index contributed by atoms with van der Waals surface area (Å²) in [6.07, 6.45) is 1.50. The van der Waals surface area contributed by atoms with E-state index in [0.29, 0.717) is 22.8 Å². The molecule has 27 heavy (non-hydrogen) atoms. The second-order valence-corrected chi connectivity index (χ2v) is 5.33. The minimum Gasteiger partial charge on any atom is -0.497 e. The van der Waals surface area contributed by atoms with Crippen LogP contribution >= 0.6 is 0 Å². The van der Waals surface area contributed by atoms with E-state index in [-0.39, 0.29) is 12.5 Å². The van der Waals surface area contributed by atoms with Gasteiger partial charge in [-0.05, 0) is 36.4 Å². The smallest absolute Gasteiger partial charge is 0.259 e. The first kappa shape index (κ1) is 19.9. The number of rotatable bonds is 9. The Labute approximate surface area is 158 Å². The molecule has 0 saturated carbocycles. The number of ether oxygens (including phenoxy) is 4. The molecule has 0 fully saturated rings. The van der Waals surface area contributed by atoms with Crippen molar-refractivity contribution in [3.05, 3.63) is 42.0 Å². The maximum absolute atomic E-state index is 11.9. The number of benzene rings is 2. The second kappa shape index (κ2) is 9.91. The summed E-state index contributed by atoms with van der Waals surface area (Å²) in [5, 5.41) is 6.95. The normalized spacial score (nSPS) is 10.4. The van der Waals surface area contributed by atoms with Gasteiger partial charge in [0.1, 0.15) is 5.75 Å². The third-order valence-electron chi connectivity index (χ3n) is 3.63. The first-order valence-electron chi connectivity index (χ1n) is 8.11. The van der Waals surface area contributed by atoms with Crippen molar-refractivity contribution >= 4 is 17.8 Å². The molecule has 0 aliphatic rings. The zero-order chi connectivity index (χ0) is 19.6. The SMILES string of the molecule is COc1ccc(NCC(=O)NN=Cc2cc(OC)c(OC)c(OC)c2)cc1. The standard InChI is InChI=1S/C19H23N3O5/c1-24-15-7-5-14(6-8-15)20-12-18(23)22-21-11-13-9-16(25-2)19(27-4)17(10-13)26-3/h5-11,20H,12H2,1-4H3,(H,22,23). The predicted molar refractivity (Wildman–Crippen MR) is 103 cm³/mol. The molecule has 0 spiro atoms. The van der Waals surface area contributed by atoms with Crippen molar-refractivity contribution in [1.82, 2.24) is 5.43 Å². The van der Waals surface area contributed by atoms with Crippen LogP contribution in [0.15, 0.2) is 41.5 Å². The summed E-state index contributed by atoms with van der Waals surface area (Å²) < 4.78 is 20.9. The zero-order valence-corrected chi connectivity index (χ0v) is 15.7. The van der Waals surface area contributed by atoms with Crippen molar-refractivity contribution in [2.45, 2.75) is 0 Å². The lowest BCUT2D eigenvalue weighted by Gasteiger charge is -2.12. The van der Waals surface area contributed by atoms with E-state index in [1.807, 2.05) is 24.3 Å². The molecule has 1 amide bonds. The highest BCUT2D eigenvalue weighted by Crippen LogP contribution is 2.37. The quantitative estimate of drug-likeness (QED) is 0.518. The van der Waals surface area contributed by atoms with E-state index in [4.69, 9.17) is 18.9 Å². The largest absolute Gasteiger partial charge is 0.497 e. The Kier molecular flexibility index (Phi) is 7.30. The van der Waals surface area contributed by atoms with Gasteiger partial charge in [0.25, 0.3) is 5.91 Å². The van der Waals surface area contributed by atoms with Gasteiger partial charge in [-0.1, -0.05) is 0 Å². The van der Waals surface area contributed by atoms with Crippen LogP contribution in [0.4, 0.5) is 5.69 Å². The number of anilines is 1. The molecule has 0 atom stereocenters. The molecule has 144 valence electrons. The van der Waals surface area contributed by atoms with E-state index < -0.39 is 0 Å². The highest BCUT2D eigenvalue weighted by Gasteiger charge is 2.12. The maximum atomic E-state index is 11.9. The molecule has 0 aliphatic carbocycles. The van der Waals surface area contributed by atoms with E-state index >= 15 is 0 Å². The number of methoxy groups -OCH3 is 4. The predicted octanol–water partition coefficient (Wildman–Crippen LogP) is 2.28. The minimum absolute atomic E-state index is 0.0823. The fourth-order valence-electron chi connectivity index (χ4n) is 2.29. The van der Waals surface area contributed by atoms with E-state index in [1.165, 1.54) is 27.5 Å². The van der Waals surface area contributed by atoms with Gasteiger partial charge in [0.15, 0.2) is 11.5 Å². The molecule has 2 aromatic carbocycles. The monoisotopic (exact) mass is 373 g/mol. The van der Waals surface area contributed by atoms with Crippen LogP contribution in [0.1, 0.15) is 5.56 Å². The van der Waals surface area contributed by atoms with Gasteiger partial charge in [0, 0.05) is 11.3 Å². The molecule has 2 rings (SSSR count). The van der Waals surface area contributed by atoms with Gasteiger partial charge in [-0.2, -0.15) is 5.10 Å². The summed E-state index contributed by atoms with van der Waals surface area (Å²) in [7, 11) is 6.20. The summed E-state index contributed by atoms with van der Waals surface area (Å²) in [4.78, 5) is 11.9. The van der Waals surface area contributed by atoms with Crippen LogP contribution in [0.5, 0.6) is 23.0 Å². The number of hydrazone groups is 1. The lowest BCUT2D eigenvalue weighted by Crippen LogP contribution is -2.25. The Bertz CT molecular complexity index is 765. The molecule has 8 heteroatoms. The average Bonchev–Trinajstić information content (AvgIpc) is 2.71. The highest BCUT2D eigenvalue weighted by molar-refractivity contribution is 5.85. The molecule has 0 saturated heterocycles. The summed E-state index contributed by atoms with van der Waals surface area (Å²) in [5.41, 5.74) is 3.95. The lowest BCUT2D eigenvalue weighted by atomic mass is 10.2. The molecule has 8 nitrogen and oxygen atoms in total. The topological polar surface area (TPSA) is 90.4 Å². The molecular weight excluding hydrogens is 350 g/mol. The van der Waals surface area contributed by atoms with E-state index in [2.05, 4.69) is 15.8 Å². The van der Waals surface area contributed by atoms with Crippen LogP contribution in [0.25, 0.3) is 0 Å². The second-order valence-electron chi connectivity index (χ2n) is 5.33. The van der Waals surface area contributed by atoms with Gasteiger partial charge in [-0.25, -0.2) is 5.43 Å². The van der Waals surface area contributed by atoms with Gasteiger partial charge >= 0.3 is 0 Å². The molecule has 0 bridgehead atoms. The van der Waals surface area contributed by atoms with Crippen LogP contribution in [-0.2, 0) is 4.79 Å². The molecule has 2 N–H and O–H groups in total. The summed E-state index contributed by atoms with van der Waals surface area (Å²) in [5.74, 6) is 1.97. The number of hydrogen-bond acceptors (Lipinski definition) is 7. The molecule has 0 radical (unpaired) electrons. The van der Waals surface area contributed by atoms with Crippen molar-refractivity contribution in [2.75, 3.05) is 40.3 Å². The van der Waals surface area contributed by atoms with Gasteiger partial charge in [-0.15, -0.1) is 0 Å². The molecule has 0 unspecified atom stereocenters. The number of carbonyl (C=O) groups is 1. The van der Waals surface area contributed by atoms with E-state index in [9.17, 15) is 4.79 Å². The molecule has 0 aromatic heterocycles. The van der Waals surface area contributed by atoms with Crippen LogP contribution < -0.4 is 29.7 Å². The first-order valence-corrected chi connectivity index (χ1v) is 8.11. The van der Waals surface area contributed by atoms with Crippen molar-refractivity contribution in [2.24, 2.45) is 5.10 Å². The highest BCUT2D eigenvalue weighted by atomic mass is 16.5. The van der Waals surface area contributed by atoms with Gasteiger partial charge < -0.3 is 24.3 Å². The number of amides is 1. The number of nitrogens with zero attached hydrogens (tertiary/aromatic N) is 1. The summed E-state index contributed by atoms with van der Waals surface area (Å²) >= 11 is 0. The van der Waals surface area contributed by atoms with Gasteiger partial charge in [-0.3, -0.25) is 4.79 Å². The Morgan fingerprint density at radius 3 is 2.11 bits per heavy atom. The molecule has 2 aromatic rings. The Morgan fingerprint density at radius 1 is 0.963 bits per heavy atom. The van der Waals surface area contributed by atoms with Crippen molar-refractivity contribution in [1.29, 1.82) is 0 Å². The molecule has 0 heterocycles. The average molecular weight is 373 g/mol. The first-order chi connectivity index (χ1) is 13.1. The summed E-state index contributed by atoms with van der Waals surface area (Å²) in [6.45, 7) is 0.0823. The van der Waals surface area contributed by atoms with Gasteiger partial charge in [0.05, 0.1) is 41.2 Å². The fourth-order valence-corrected chi connectivity index (χ4v) is 2.29. The minimum atomic E-state index is -0.283. The summed E-state index contributed by atoms with van der Waals surface area (Å²) in [6, 6.07) is 10.7. The van der Waals surface area contributed by atoms with Gasteiger partial charge in [0.2, 0.25) is 5.75 Å². The van der Waals surface area contributed by atoms with E-state index in [0.717, 1.165) is 11.4 Å². The maximum Gasteiger partial charge on any atom is 0.259 e. The Balaban J connectivity index is 1.92. The molecule has 0 aliphatic heterocycles. The molecular formula is C19H23N3O5. The Hall–Kier alpha value is -3.42. The number of carbonyl (C=O) groups excluding carboxylic acids is 1. The van der Waals surface area contributed by atoms with Crippen LogP contribution in [0, 0.1) is 0 Å². The van der Waals surface area contributed by atoms with Crippen LogP contribution in [-0.4, -0.2) is 47.1 Å². The van der Waals surface area contributed by atoms with Crippen LogP contribution in [0.2, 0.25) is 0 Å². The number of hydrogen-bond donors (Lipinski definition) is 2. The van der Waals surface area contributed by atoms with Crippen molar-refractivity contribution < 1.29 is 23.7 Å². The number of nitrogens with one attached hydrogen (secondary N) is 2. The third kappa shape index (κ3) is 5.53.